The predicted octanol–water partition coefficient (Wildman–Crippen LogP) is 13.9. The number of rotatable bonds is 54. The van der Waals surface area contributed by atoms with Crippen molar-refractivity contribution in [2.45, 2.75) is 345 Å². The molecule has 0 aromatic carbocycles. The van der Waals surface area contributed by atoms with Crippen LogP contribution in [0.5, 0.6) is 0 Å². The molecule has 0 bridgehead atoms. The maximum Gasteiger partial charge on any atom is 0.249 e. The van der Waals surface area contributed by atoms with Gasteiger partial charge in [-0.15, -0.1) is 0 Å². The number of unbranched alkanes of at least 4 members (excludes halogenated alkanes) is 36. The number of nitrogens with one attached hydrogen (secondary N) is 1. The van der Waals surface area contributed by atoms with Crippen LogP contribution in [0.1, 0.15) is 290 Å². The Morgan fingerprint density at radius 1 is 0.459 bits per heavy atom. The first-order valence-electron chi connectivity index (χ1n) is 31.4. The summed E-state index contributed by atoms with van der Waals surface area (Å²) in [5.74, 6) is -0.707. The number of hydrogen-bond donors (Lipinski definition) is 8. The summed E-state index contributed by atoms with van der Waals surface area (Å²) >= 11 is 0. The van der Waals surface area contributed by atoms with E-state index in [9.17, 15) is 40.5 Å². The van der Waals surface area contributed by atoms with Crippen molar-refractivity contribution in [1.82, 2.24) is 5.32 Å². The Kier molecular flexibility index (Phi) is 49.5. The molecule has 11 nitrogen and oxygen atoms in total. The molecule has 1 saturated heterocycles. The first-order chi connectivity index (χ1) is 36.2. The fraction of sp³-hybridized carbons (Fsp3) is 0.889. The number of carbonyl (C=O) groups excluding carboxylic acids is 1. The van der Waals surface area contributed by atoms with Gasteiger partial charge in [0, 0.05) is 0 Å². The van der Waals surface area contributed by atoms with Crippen LogP contribution in [0.15, 0.2) is 36.5 Å². The maximum atomic E-state index is 13.2. The lowest BCUT2D eigenvalue weighted by Crippen LogP contribution is -2.60. The zero-order chi connectivity index (χ0) is 54.0. The van der Waals surface area contributed by atoms with Gasteiger partial charge < -0.3 is 50.5 Å². The number of allylic oxidation sites excluding steroid dienone is 6. The highest BCUT2D eigenvalue weighted by Gasteiger charge is 2.44. The van der Waals surface area contributed by atoms with Gasteiger partial charge in [-0.05, 0) is 77.0 Å². The van der Waals surface area contributed by atoms with Crippen molar-refractivity contribution in [3.8, 4) is 0 Å². The quantitative estimate of drug-likeness (QED) is 0.0215. The second-order valence-corrected chi connectivity index (χ2v) is 22.1. The van der Waals surface area contributed by atoms with E-state index in [4.69, 9.17) is 9.47 Å². The molecule has 11 heteroatoms. The molecular weight excluding hydrogens is 931 g/mol. The summed E-state index contributed by atoms with van der Waals surface area (Å²) < 4.78 is 11.1. The lowest BCUT2D eigenvalue weighted by atomic mass is 9.98. The molecule has 1 amide bonds. The normalized spacial score (nSPS) is 20.0. The zero-order valence-electron chi connectivity index (χ0n) is 47.8. The van der Waals surface area contributed by atoms with E-state index in [0.29, 0.717) is 19.3 Å². The topological polar surface area (TPSA) is 189 Å². The van der Waals surface area contributed by atoms with Crippen molar-refractivity contribution in [3.05, 3.63) is 36.5 Å². The van der Waals surface area contributed by atoms with Gasteiger partial charge in [0.15, 0.2) is 6.29 Å². The fourth-order valence-electron chi connectivity index (χ4n) is 10.0. The molecule has 0 aromatic heterocycles. The number of aliphatic hydroxyl groups is 7. The molecule has 436 valence electrons. The molecule has 1 aliphatic heterocycles. The summed E-state index contributed by atoms with van der Waals surface area (Å²) in [4.78, 5) is 13.2. The van der Waals surface area contributed by atoms with Crippen LogP contribution in [-0.4, -0.2) is 110 Å². The second kappa shape index (κ2) is 52.1. The molecule has 1 fully saturated rings. The Balaban J connectivity index is 2.20. The molecule has 8 N–H and O–H groups in total. The van der Waals surface area contributed by atoms with E-state index >= 15 is 0 Å². The van der Waals surface area contributed by atoms with Gasteiger partial charge in [-0.1, -0.05) is 249 Å². The predicted molar refractivity (Wildman–Crippen MR) is 307 cm³/mol. The van der Waals surface area contributed by atoms with E-state index < -0.39 is 74.2 Å². The highest BCUT2D eigenvalue weighted by molar-refractivity contribution is 5.80. The molecule has 1 heterocycles. The summed E-state index contributed by atoms with van der Waals surface area (Å²) in [6, 6.07) is -1.19. The van der Waals surface area contributed by atoms with Gasteiger partial charge in [-0.25, -0.2) is 0 Å². The lowest BCUT2D eigenvalue weighted by Gasteiger charge is -2.40. The van der Waals surface area contributed by atoms with Crippen molar-refractivity contribution in [1.29, 1.82) is 0 Å². The van der Waals surface area contributed by atoms with Crippen LogP contribution in [0.3, 0.4) is 0 Å². The average molecular weight is 1050 g/mol. The van der Waals surface area contributed by atoms with Crippen LogP contribution in [0.2, 0.25) is 0 Å². The van der Waals surface area contributed by atoms with Gasteiger partial charge in [0.25, 0.3) is 0 Å². The minimum Gasteiger partial charge on any atom is -0.394 e. The molecule has 1 rings (SSSR count). The summed E-state index contributed by atoms with van der Waals surface area (Å²) in [6.45, 7) is 3.45. The molecule has 1 aliphatic rings. The number of aliphatic hydroxyl groups excluding tert-OH is 7. The van der Waals surface area contributed by atoms with Gasteiger partial charge in [0.1, 0.15) is 36.6 Å². The highest BCUT2D eigenvalue weighted by atomic mass is 16.7. The number of amides is 1. The first kappa shape index (κ1) is 70.3. The minimum atomic E-state index is -1.67. The van der Waals surface area contributed by atoms with E-state index in [1.807, 2.05) is 0 Å². The fourth-order valence-corrected chi connectivity index (χ4v) is 10.0. The Bertz CT molecular complexity index is 1300. The molecular formula is C63H119NO10. The van der Waals surface area contributed by atoms with Gasteiger partial charge in [0.2, 0.25) is 5.91 Å². The van der Waals surface area contributed by atoms with Crippen molar-refractivity contribution < 1.29 is 50.0 Å². The minimum absolute atomic E-state index is 0.247. The summed E-state index contributed by atoms with van der Waals surface area (Å²) in [5.41, 5.74) is 0. The lowest BCUT2D eigenvalue weighted by molar-refractivity contribution is -0.303. The SMILES string of the molecule is CCCCCCCC/C=C/CC/C=C/CCCC(O)C(O)C(COC1OC(CO)C(O)C(O)C1O)NC(=O)C(O)CCCCCCCCCCCCCCCCCC/C=C\CCCCCCCCCCCCCC. The molecule has 74 heavy (non-hydrogen) atoms. The summed E-state index contributed by atoms with van der Waals surface area (Å²) in [5, 5.41) is 76.1. The molecule has 0 saturated carbocycles. The van der Waals surface area contributed by atoms with Crippen molar-refractivity contribution in [2.24, 2.45) is 0 Å². The van der Waals surface area contributed by atoms with Crippen molar-refractivity contribution in [3.63, 3.8) is 0 Å². The van der Waals surface area contributed by atoms with E-state index in [2.05, 4.69) is 55.6 Å². The molecule has 0 aliphatic carbocycles. The number of ether oxygens (including phenoxy) is 2. The summed E-state index contributed by atoms with van der Waals surface area (Å²) in [7, 11) is 0. The van der Waals surface area contributed by atoms with Crippen LogP contribution in [0.25, 0.3) is 0 Å². The Hall–Kier alpha value is -1.67. The van der Waals surface area contributed by atoms with Crippen LogP contribution < -0.4 is 5.32 Å². The van der Waals surface area contributed by atoms with Gasteiger partial charge >= 0.3 is 0 Å². The molecule has 0 aromatic rings. The average Bonchev–Trinajstić information content (AvgIpc) is 3.40. The van der Waals surface area contributed by atoms with Crippen LogP contribution >= 0.6 is 0 Å². The van der Waals surface area contributed by atoms with E-state index in [0.717, 1.165) is 38.5 Å². The number of carbonyl (C=O) groups is 1. The van der Waals surface area contributed by atoms with Crippen LogP contribution in [0, 0.1) is 0 Å². The summed E-state index contributed by atoms with van der Waals surface area (Å²) in [6.07, 6.45) is 53.7. The highest BCUT2D eigenvalue weighted by Crippen LogP contribution is 2.23. The molecule has 0 spiro atoms. The van der Waals surface area contributed by atoms with E-state index in [1.165, 1.54) is 205 Å². The van der Waals surface area contributed by atoms with Gasteiger partial charge in [0.05, 0.1) is 25.4 Å². The third-order valence-corrected chi connectivity index (χ3v) is 15.1. The molecule has 9 unspecified atom stereocenters. The Labute approximate surface area is 454 Å². The number of hydrogen-bond acceptors (Lipinski definition) is 10. The first-order valence-corrected chi connectivity index (χ1v) is 31.4. The third-order valence-electron chi connectivity index (χ3n) is 15.1. The van der Waals surface area contributed by atoms with Crippen molar-refractivity contribution >= 4 is 5.91 Å². The standard InChI is InChI=1S/C63H119NO10/c1-3-5-7-9-11-13-15-17-19-20-21-22-23-24-25-26-27-28-29-30-31-32-33-34-35-37-39-41-43-45-47-49-51-56(67)62(72)64-54(53-73-63-61(71)60(70)59(69)57(52-65)74-63)58(68)55(66)50-48-46-44-42-40-38-36-18-16-14-12-10-8-6-4-2/h18,24-25,36,42,44,54-61,63,65-71H,3-17,19-23,26-35,37-41,43,45-53H2,1-2H3,(H,64,72)/b25-24-,36-18+,44-42+. The largest absolute Gasteiger partial charge is 0.394 e. The maximum absolute atomic E-state index is 13.2. The smallest absolute Gasteiger partial charge is 0.249 e. The van der Waals surface area contributed by atoms with E-state index in [-0.39, 0.29) is 12.8 Å². The second-order valence-electron chi connectivity index (χ2n) is 22.1. The van der Waals surface area contributed by atoms with Gasteiger partial charge in [-0.2, -0.15) is 0 Å². The zero-order valence-corrected chi connectivity index (χ0v) is 47.8. The van der Waals surface area contributed by atoms with Gasteiger partial charge in [-0.3, -0.25) is 4.79 Å². The Morgan fingerprint density at radius 3 is 1.20 bits per heavy atom. The monoisotopic (exact) mass is 1050 g/mol. The Morgan fingerprint density at radius 2 is 0.811 bits per heavy atom. The van der Waals surface area contributed by atoms with Crippen LogP contribution in [0.4, 0.5) is 0 Å². The van der Waals surface area contributed by atoms with Crippen LogP contribution in [-0.2, 0) is 14.3 Å². The van der Waals surface area contributed by atoms with Crippen molar-refractivity contribution in [2.75, 3.05) is 13.2 Å². The molecule has 0 radical (unpaired) electrons. The third kappa shape index (κ3) is 39.7. The van der Waals surface area contributed by atoms with E-state index in [1.54, 1.807) is 0 Å². The molecule has 9 atom stereocenters.